The van der Waals surface area contributed by atoms with E-state index < -0.39 is 13.2 Å². The zero-order chi connectivity index (χ0) is 13.4. The molecule has 18 heavy (non-hydrogen) atoms. The largest absolute Gasteiger partial charge is 0.487 e. The van der Waals surface area contributed by atoms with Gasteiger partial charge in [0.25, 0.3) is 0 Å². The van der Waals surface area contributed by atoms with Crippen molar-refractivity contribution in [3.8, 4) is 0 Å². The van der Waals surface area contributed by atoms with Crippen molar-refractivity contribution in [1.82, 2.24) is 9.97 Å². The van der Waals surface area contributed by atoms with Crippen molar-refractivity contribution in [1.29, 1.82) is 0 Å². The van der Waals surface area contributed by atoms with Crippen LogP contribution in [0.1, 0.15) is 33.3 Å². The molecule has 1 aliphatic rings. The minimum atomic E-state index is -0.734. The summed E-state index contributed by atoms with van der Waals surface area (Å²) in [5.41, 5.74) is -0.0195. The minimum Gasteiger partial charge on any atom is -0.400 e. The molecule has 6 heteroatoms. The second-order valence-electron chi connectivity index (χ2n) is 5.27. The van der Waals surface area contributed by atoms with E-state index in [2.05, 4.69) is 9.97 Å². The van der Waals surface area contributed by atoms with E-state index in [1.165, 1.54) is 12.4 Å². The molecule has 0 aromatic carbocycles. The molecule has 1 fully saturated rings. The quantitative estimate of drug-likeness (QED) is 0.596. The summed E-state index contributed by atoms with van der Waals surface area (Å²) in [5.74, 6) is 1.77. The maximum absolute atomic E-state index is 12.5. The maximum Gasteiger partial charge on any atom is 0.487 e. The molecule has 2 rings (SSSR count). The van der Waals surface area contributed by atoms with E-state index in [-0.39, 0.29) is 11.2 Å². The topological polar surface area (TPSA) is 44.2 Å². The molecule has 0 bridgehead atoms. The van der Waals surface area contributed by atoms with Crippen LogP contribution in [0.4, 0.5) is 4.39 Å². The average molecular weight is 250 g/mol. The van der Waals surface area contributed by atoms with Crippen molar-refractivity contribution in [3.05, 3.63) is 30.0 Å². The number of nitrogens with zero attached hydrogens (tertiary/aromatic N) is 2. The highest BCUT2D eigenvalue weighted by atomic mass is 19.1. The van der Waals surface area contributed by atoms with Crippen LogP contribution in [-0.2, 0) is 9.31 Å². The first-order chi connectivity index (χ1) is 8.30. The van der Waals surface area contributed by atoms with Crippen molar-refractivity contribution in [2.75, 3.05) is 0 Å². The Hall–Kier alpha value is -1.27. The molecule has 0 aliphatic carbocycles. The minimum absolute atomic E-state index is 0.360. The van der Waals surface area contributed by atoms with E-state index in [1.54, 1.807) is 12.1 Å². The highest BCUT2D eigenvalue weighted by Gasteiger charge is 2.49. The number of hydrogen-bond acceptors (Lipinski definition) is 4. The van der Waals surface area contributed by atoms with Gasteiger partial charge >= 0.3 is 13.2 Å². The molecule has 2 heterocycles. The molecule has 0 atom stereocenters. The van der Waals surface area contributed by atoms with E-state index in [0.29, 0.717) is 5.56 Å². The van der Waals surface area contributed by atoms with Crippen LogP contribution >= 0.6 is 0 Å². The summed E-state index contributed by atoms with van der Waals surface area (Å²) < 4.78 is 24.1. The van der Waals surface area contributed by atoms with Gasteiger partial charge in [-0.15, -0.1) is 0 Å². The molecule has 1 aromatic rings. The summed E-state index contributed by atoms with van der Waals surface area (Å²) in [6.45, 7) is 7.95. The van der Waals surface area contributed by atoms with Gasteiger partial charge in [0, 0.05) is 18.0 Å². The van der Waals surface area contributed by atoms with Crippen molar-refractivity contribution >= 4 is 13.2 Å². The smallest absolute Gasteiger partial charge is 0.400 e. The molecule has 0 amide bonds. The fourth-order valence-electron chi connectivity index (χ4n) is 1.57. The molecule has 1 aliphatic heterocycles. The second kappa shape index (κ2) is 4.44. The van der Waals surface area contributed by atoms with E-state index >= 15 is 0 Å². The summed E-state index contributed by atoms with van der Waals surface area (Å²) in [5, 5.41) is 0. The SMILES string of the molecule is CC1(C)OB(/C=C/c2cnc(F)nc2)OC1(C)C. The normalized spacial score (nSPS) is 21.7. The molecule has 0 unspecified atom stereocenters. The first-order valence-corrected chi connectivity index (χ1v) is 5.81. The predicted molar refractivity (Wildman–Crippen MR) is 67.1 cm³/mol. The number of aromatic nitrogens is 2. The maximum atomic E-state index is 12.5. The number of hydrogen-bond donors (Lipinski definition) is 0. The third-order valence-corrected chi connectivity index (χ3v) is 3.36. The lowest BCUT2D eigenvalue weighted by molar-refractivity contribution is 0.00578. The molecule has 0 N–H and O–H groups in total. The Kier molecular flexibility index (Phi) is 3.25. The molecule has 96 valence electrons. The molecule has 4 nitrogen and oxygen atoms in total. The molecule has 0 radical (unpaired) electrons. The first kappa shape index (κ1) is 13.2. The van der Waals surface area contributed by atoms with Gasteiger partial charge in [-0.05, 0) is 27.7 Å². The number of rotatable bonds is 2. The van der Waals surface area contributed by atoms with Crippen LogP contribution in [0.15, 0.2) is 18.4 Å². The van der Waals surface area contributed by atoms with Crippen molar-refractivity contribution in [2.45, 2.75) is 38.9 Å². The summed E-state index contributed by atoms with van der Waals surface area (Å²) in [6, 6.07) is 0. The van der Waals surface area contributed by atoms with E-state index in [9.17, 15) is 4.39 Å². The lowest BCUT2D eigenvalue weighted by Gasteiger charge is -2.32. The van der Waals surface area contributed by atoms with Gasteiger partial charge < -0.3 is 9.31 Å². The van der Waals surface area contributed by atoms with Crippen LogP contribution in [0.2, 0.25) is 0 Å². The monoisotopic (exact) mass is 250 g/mol. The predicted octanol–water partition coefficient (Wildman–Crippen LogP) is 2.26. The standard InChI is InChI=1S/C12H16BFN2O2/c1-11(2)12(3,4)18-13(17-11)6-5-9-7-15-10(14)16-8-9/h5-8H,1-4H3/b6-5+. The van der Waals surface area contributed by atoms with E-state index in [0.717, 1.165) is 0 Å². The first-order valence-electron chi connectivity index (χ1n) is 5.81. The molecule has 0 saturated carbocycles. The van der Waals surface area contributed by atoms with Gasteiger partial charge in [-0.1, -0.05) is 12.1 Å². The highest BCUT2D eigenvalue weighted by Crippen LogP contribution is 2.36. The Labute approximate surface area is 106 Å². The van der Waals surface area contributed by atoms with Gasteiger partial charge in [0.05, 0.1) is 11.2 Å². The fourth-order valence-corrected chi connectivity index (χ4v) is 1.57. The van der Waals surface area contributed by atoms with Gasteiger partial charge in [-0.25, -0.2) is 9.97 Å². The third-order valence-electron chi connectivity index (χ3n) is 3.36. The highest BCUT2D eigenvalue weighted by molar-refractivity contribution is 6.52. The molecular weight excluding hydrogens is 234 g/mol. The Morgan fingerprint density at radius 3 is 2.11 bits per heavy atom. The van der Waals surface area contributed by atoms with E-state index in [4.69, 9.17) is 9.31 Å². The summed E-state index contributed by atoms with van der Waals surface area (Å²) in [4.78, 5) is 6.94. The molecular formula is C12H16BFN2O2. The Morgan fingerprint density at radius 2 is 1.61 bits per heavy atom. The summed E-state index contributed by atoms with van der Waals surface area (Å²) in [7, 11) is -0.417. The molecule has 1 saturated heterocycles. The van der Waals surface area contributed by atoms with Crippen LogP contribution in [-0.4, -0.2) is 28.3 Å². The van der Waals surface area contributed by atoms with Gasteiger partial charge in [-0.3, -0.25) is 0 Å². The lowest BCUT2D eigenvalue weighted by Crippen LogP contribution is -2.41. The molecule has 0 spiro atoms. The van der Waals surface area contributed by atoms with Crippen LogP contribution in [0.3, 0.4) is 0 Å². The van der Waals surface area contributed by atoms with Crippen LogP contribution in [0, 0.1) is 6.08 Å². The van der Waals surface area contributed by atoms with Gasteiger partial charge in [0.2, 0.25) is 0 Å². The zero-order valence-electron chi connectivity index (χ0n) is 11.0. The van der Waals surface area contributed by atoms with Gasteiger partial charge in [0.1, 0.15) is 0 Å². The second-order valence-corrected chi connectivity index (χ2v) is 5.27. The van der Waals surface area contributed by atoms with Crippen LogP contribution < -0.4 is 0 Å². The third kappa shape index (κ3) is 2.59. The van der Waals surface area contributed by atoms with Crippen molar-refractivity contribution in [2.24, 2.45) is 0 Å². The average Bonchev–Trinajstić information content (AvgIpc) is 2.47. The van der Waals surface area contributed by atoms with Crippen LogP contribution in [0.5, 0.6) is 0 Å². The number of halogens is 1. The Balaban J connectivity index is 2.06. The van der Waals surface area contributed by atoms with Crippen molar-refractivity contribution < 1.29 is 13.7 Å². The summed E-state index contributed by atoms with van der Waals surface area (Å²) in [6.07, 6.45) is 3.83. The van der Waals surface area contributed by atoms with Crippen LogP contribution in [0.25, 0.3) is 6.08 Å². The Bertz CT molecular complexity index is 444. The van der Waals surface area contributed by atoms with Gasteiger partial charge in [0.15, 0.2) is 0 Å². The lowest BCUT2D eigenvalue weighted by atomic mass is 9.89. The van der Waals surface area contributed by atoms with Crippen molar-refractivity contribution in [3.63, 3.8) is 0 Å². The Morgan fingerprint density at radius 1 is 1.11 bits per heavy atom. The summed E-state index contributed by atoms with van der Waals surface area (Å²) >= 11 is 0. The molecule has 1 aromatic heterocycles. The van der Waals surface area contributed by atoms with E-state index in [1.807, 2.05) is 27.7 Å². The zero-order valence-corrected chi connectivity index (χ0v) is 11.0. The van der Waals surface area contributed by atoms with Gasteiger partial charge in [-0.2, -0.15) is 4.39 Å². The fraction of sp³-hybridized carbons (Fsp3) is 0.500.